The maximum absolute atomic E-state index is 12.2. The fraction of sp³-hybridized carbons (Fsp3) is 0.182. The van der Waals surface area contributed by atoms with E-state index in [1.807, 2.05) is 0 Å². The molecule has 0 amide bonds. The number of aromatic nitrogens is 3. The van der Waals surface area contributed by atoms with E-state index in [0.717, 1.165) is 0 Å². The number of rotatable bonds is 3. The molecule has 0 atom stereocenters. The van der Waals surface area contributed by atoms with E-state index in [9.17, 15) is 4.79 Å². The average molecular weight is 252 g/mol. The zero-order valence-electron chi connectivity index (χ0n) is 9.35. The van der Waals surface area contributed by atoms with Gasteiger partial charge in [0.25, 0.3) is 0 Å². The van der Waals surface area contributed by atoms with E-state index < -0.39 is 0 Å². The van der Waals surface area contributed by atoms with Gasteiger partial charge < -0.3 is 4.74 Å². The third kappa shape index (κ3) is 2.14. The highest BCUT2D eigenvalue weighted by molar-refractivity contribution is 6.31. The molecule has 0 fully saturated rings. The van der Waals surface area contributed by atoms with Gasteiger partial charge in [0.15, 0.2) is 0 Å². The van der Waals surface area contributed by atoms with Crippen molar-refractivity contribution < 1.29 is 9.53 Å². The average Bonchev–Trinajstić information content (AvgIpc) is 2.74. The summed E-state index contributed by atoms with van der Waals surface area (Å²) in [6, 6.07) is 4.86. The molecule has 2 aromatic rings. The molecule has 1 aromatic carbocycles. The number of hydrogen-bond acceptors (Lipinski definition) is 4. The normalized spacial score (nSPS) is 10.3. The predicted molar refractivity (Wildman–Crippen MR) is 62.4 cm³/mol. The lowest BCUT2D eigenvalue weighted by Crippen LogP contribution is -2.09. The summed E-state index contributed by atoms with van der Waals surface area (Å²) in [6.45, 7) is 0. The molecule has 1 aromatic heterocycles. The number of halogens is 1. The van der Waals surface area contributed by atoms with Crippen LogP contribution in [0.25, 0.3) is 0 Å². The summed E-state index contributed by atoms with van der Waals surface area (Å²) >= 11 is 5.84. The van der Waals surface area contributed by atoms with Gasteiger partial charge in [-0.25, -0.2) is 4.68 Å². The maximum atomic E-state index is 12.2. The van der Waals surface area contributed by atoms with Gasteiger partial charge in [-0.05, 0) is 18.2 Å². The SMILES string of the molecule is COc1cc(Cl)ccc1C(=O)c1cnnn1C. The second-order valence-electron chi connectivity index (χ2n) is 3.42. The van der Waals surface area contributed by atoms with Crippen LogP contribution in [-0.4, -0.2) is 27.9 Å². The van der Waals surface area contributed by atoms with Gasteiger partial charge in [0.05, 0.1) is 18.9 Å². The number of methoxy groups -OCH3 is 1. The number of hydrogen-bond donors (Lipinski definition) is 0. The predicted octanol–water partition coefficient (Wildman–Crippen LogP) is 1.71. The van der Waals surface area contributed by atoms with Crippen molar-refractivity contribution in [3.8, 4) is 5.75 Å². The molecule has 0 N–H and O–H groups in total. The number of aryl methyl sites for hydroxylation is 1. The van der Waals surface area contributed by atoms with E-state index in [-0.39, 0.29) is 5.78 Å². The summed E-state index contributed by atoms with van der Waals surface area (Å²) in [6.07, 6.45) is 1.41. The Labute approximate surface area is 103 Å². The number of carbonyl (C=O) groups is 1. The van der Waals surface area contributed by atoms with Gasteiger partial charge in [-0.2, -0.15) is 0 Å². The second kappa shape index (κ2) is 4.55. The van der Waals surface area contributed by atoms with Gasteiger partial charge in [-0.1, -0.05) is 16.8 Å². The molecule has 1 heterocycles. The number of carbonyl (C=O) groups excluding carboxylic acids is 1. The first-order chi connectivity index (χ1) is 8.13. The molecule has 5 nitrogen and oxygen atoms in total. The first-order valence-electron chi connectivity index (χ1n) is 4.86. The molecule has 0 aliphatic carbocycles. The molecule has 0 aliphatic heterocycles. The van der Waals surface area contributed by atoms with E-state index in [4.69, 9.17) is 16.3 Å². The Kier molecular flexibility index (Phi) is 3.10. The summed E-state index contributed by atoms with van der Waals surface area (Å²) in [5.41, 5.74) is 0.827. The van der Waals surface area contributed by atoms with Crippen molar-refractivity contribution in [3.05, 3.63) is 40.7 Å². The van der Waals surface area contributed by atoms with Crippen molar-refractivity contribution in [2.45, 2.75) is 0 Å². The standard InChI is InChI=1S/C11H10ClN3O2/c1-15-9(6-13-14-15)11(16)8-4-3-7(12)5-10(8)17-2/h3-6H,1-2H3. The summed E-state index contributed by atoms with van der Waals surface area (Å²) in [5, 5.41) is 7.90. The van der Waals surface area contributed by atoms with Crippen molar-refractivity contribution in [2.24, 2.45) is 7.05 Å². The molecule has 88 valence electrons. The highest BCUT2D eigenvalue weighted by Gasteiger charge is 2.18. The summed E-state index contributed by atoms with van der Waals surface area (Å²) in [7, 11) is 3.15. The van der Waals surface area contributed by atoms with Crippen LogP contribution in [-0.2, 0) is 7.05 Å². The monoisotopic (exact) mass is 251 g/mol. The summed E-state index contributed by atoms with van der Waals surface area (Å²) in [5.74, 6) is 0.231. The Hall–Kier alpha value is -1.88. The first-order valence-corrected chi connectivity index (χ1v) is 5.24. The minimum Gasteiger partial charge on any atom is -0.496 e. The van der Waals surface area contributed by atoms with E-state index in [2.05, 4.69) is 10.3 Å². The van der Waals surface area contributed by atoms with E-state index in [1.165, 1.54) is 18.0 Å². The van der Waals surface area contributed by atoms with Crippen molar-refractivity contribution in [1.82, 2.24) is 15.0 Å². The van der Waals surface area contributed by atoms with Gasteiger partial charge in [0, 0.05) is 12.1 Å². The van der Waals surface area contributed by atoms with Crippen LogP contribution in [0.1, 0.15) is 16.1 Å². The molecule has 2 rings (SSSR count). The van der Waals surface area contributed by atoms with E-state index in [1.54, 1.807) is 25.2 Å². The number of nitrogens with zero attached hydrogens (tertiary/aromatic N) is 3. The molecular formula is C11H10ClN3O2. The van der Waals surface area contributed by atoms with Crippen LogP contribution in [0, 0.1) is 0 Å². The first kappa shape index (κ1) is 11.6. The van der Waals surface area contributed by atoms with Crippen molar-refractivity contribution in [1.29, 1.82) is 0 Å². The fourth-order valence-electron chi connectivity index (χ4n) is 1.49. The van der Waals surface area contributed by atoms with Crippen molar-refractivity contribution in [2.75, 3.05) is 7.11 Å². The summed E-state index contributed by atoms with van der Waals surface area (Å²) in [4.78, 5) is 12.2. The molecule has 0 unspecified atom stereocenters. The molecule has 0 spiro atoms. The van der Waals surface area contributed by atoms with Crippen molar-refractivity contribution >= 4 is 17.4 Å². The second-order valence-corrected chi connectivity index (χ2v) is 3.85. The highest BCUT2D eigenvalue weighted by atomic mass is 35.5. The van der Waals surface area contributed by atoms with Gasteiger partial charge in [0.2, 0.25) is 5.78 Å². The Morgan fingerprint density at radius 3 is 2.82 bits per heavy atom. The molecule has 0 aliphatic rings. The minimum absolute atomic E-state index is 0.203. The molecule has 0 bridgehead atoms. The van der Waals surface area contributed by atoms with Gasteiger partial charge in [0.1, 0.15) is 11.4 Å². The quantitative estimate of drug-likeness (QED) is 0.780. The molecular weight excluding hydrogens is 242 g/mol. The maximum Gasteiger partial charge on any atom is 0.216 e. The molecule has 17 heavy (non-hydrogen) atoms. The van der Waals surface area contributed by atoms with Crippen molar-refractivity contribution in [3.63, 3.8) is 0 Å². The fourth-order valence-corrected chi connectivity index (χ4v) is 1.65. The third-order valence-corrected chi connectivity index (χ3v) is 2.59. The zero-order chi connectivity index (χ0) is 12.4. The lowest BCUT2D eigenvalue weighted by molar-refractivity contribution is 0.102. The van der Waals surface area contributed by atoms with Crippen LogP contribution in [0.3, 0.4) is 0 Å². The number of ether oxygens (including phenoxy) is 1. The minimum atomic E-state index is -0.203. The van der Waals surface area contributed by atoms with Gasteiger partial charge >= 0.3 is 0 Å². The van der Waals surface area contributed by atoms with Gasteiger partial charge in [-0.15, -0.1) is 5.10 Å². The Morgan fingerprint density at radius 2 is 2.24 bits per heavy atom. The highest BCUT2D eigenvalue weighted by Crippen LogP contribution is 2.25. The van der Waals surface area contributed by atoms with Crippen LogP contribution in [0.2, 0.25) is 5.02 Å². The smallest absolute Gasteiger partial charge is 0.216 e. The largest absolute Gasteiger partial charge is 0.496 e. The van der Waals surface area contributed by atoms with Crippen LogP contribution < -0.4 is 4.74 Å². The Morgan fingerprint density at radius 1 is 1.47 bits per heavy atom. The molecule has 0 saturated heterocycles. The number of benzene rings is 1. The van der Waals surface area contributed by atoms with Gasteiger partial charge in [-0.3, -0.25) is 4.79 Å². The topological polar surface area (TPSA) is 57.0 Å². The third-order valence-electron chi connectivity index (χ3n) is 2.36. The van der Waals surface area contributed by atoms with Crippen LogP contribution >= 0.6 is 11.6 Å². The Bertz CT molecular complexity index is 566. The Balaban J connectivity index is 2.48. The van der Waals surface area contributed by atoms with Crippen LogP contribution in [0.15, 0.2) is 24.4 Å². The van der Waals surface area contributed by atoms with E-state index >= 15 is 0 Å². The van der Waals surface area contributed by atoms with E-state index in [0.29, 0.717) is 22.0 Å². The zero-order valence-corrected chi connectivity index (χ0v) is 10.1. The van der Waals surface area contributed by atoms with Crippen LogP contribution in [0.5, 0.6) is 5.75 Å². The lowest BCUT2D eigenvalue weighted by atomic mass is 10.1. The number of ketones is 1. The molecule has 0 radical (unpaired) electrons. The van der Waals surface area contributed by atoms with Crippen LogP contribution in [0.4, 0.5) is 0 Å². The molecule has 6 heteroatoms. The lowest BCUT2D eigenvalue weighted by Gasteiger charge is -2.07. The molecule has 0 saturated carbocycles. The summed E-state index contributed by atoms with van der Waals surface area (Å²) < 4.78 is 6.54.